The van der Waals surface area contributed by atoms with Gasteiger partial charge in [-0.3, -0.25) is 0 Å². The van der Waals surface area contributed by atoms with E-state index in [1.54, 1.807) is 0 Å². The van der Waals surface area contributed by atoms with Gasteiger partial charge in [0.1, 0.15) is 0 Å². The summed E-state index contributed by atoms with van der Waals surface area (Å²) in [4.78, 5) is 2.41. The summed E-state index contributed by atoms with van der Waals surface area (Å²) >= 11 is 7.83. The van der Waals surface area contributed by atoms with Crippen LogP contribution in [0.4, 0.5) is 0 Å². The molecular weight excluding hydrogens is 277 g/mol. The van der Waals surface area contributed by atoms with Crippen molar-refractivity contribution in [2.45, 2.75) is 12.3 Å². The van der Waals surface area contributed by atoms with E-state index in [1.165, 1.54) is 12.0 Å². The van der Waals surface area contributed by atoms with Crippen LogP contribution in [-0.2, 0) is 0 Å². The lowest BCUT2D eigenvalue weighted by Gasteiger charge is -2.37. The van der Waals surface area contributed by atoms with Gasteiger partial charge in [0.05, 0.1) is 6.61 Å². The lowest BCUT2D eigenvalue weighted by atomic mass is 9.81. The van der Waals surface area contributed by atoms with Crippen LogP contribution in [0.25, 0.3) is 0 Å². The molecule has 0 saturated carbocycles. The van der Waals surface area contributed by atoms with Gasteiger partial charge in [0.25, 0.3) is 0 Å². The van der Waals surface area contributed by atoms with E-state index >= 15 is 0 Å². The standard InChI is InChI=1S/C15H22ClNOS/c1-17-7-6-15(12-2-4-14(16)5-3-12)13(10-17)11-19-9-8-18/h2-5,13,15,18H,6-11H2,1H3/t13-,15-/m1/s1/i1-1. The summed E-state index contributed by atoms with van der Waals surface area (Å²) < 4.78 is 0. The Labute approximate surface area is 125 Å². The van der Waals surface area contributed by atoms with Crippen LogP contribution >= 0.6 is 23.4 Å². The predicted octanol–water partition coefficient (Wildman–Crippen LogP) is 3.10. The molecule has 1 fully saturated rings. The first-order valence-corrected chi connectivity index (χ1v) is 8.36. The SMILES string of the molecule is [11CH3]N1CC[C@H](c2ccc(Cl)cc2)[C@@H](CSCCO)C1. The maximum Gasteiger partial charge on any atom is 0.0521 e. The molecule has 1 N–H and O–H groups in total. The average molecular weight is 299 g/mol. The number of thioether (sulfide) groups is 1. The Balaban J connectivity index is 2.04. The second-order valence-corrected chi connectivity index (χ2v) is 6.85. The molecule has 1 aromatic carbocycles. The van der Waals surface area contributed by atoms with Crippen molar-refractivity contribution >= 4 is 23.4 Å². The van der Waals surface area contributed by atoms with Gasteiger partial charge in [-0.05, 0) is 55.3 Å². The first-order valence-electron chi connectivity index (χ1n) is 6.83. The number of halogens is 1. The summed E-state index contributed by atoms with van der Waals surface area (Å²) in [5.41, 5.74) is 1.41. The Morgan fingerprint density at radius 1 is 1.37 bits per heavy atom. The molecule has 0 bridgehead atoms. The van der Waals surface area contributed by atoms with E-state index in [9.17, 15) is 0 Å². The van der Waals surface area contributed by atoms with Gasteiger partial charge in [0.15, 0.2) is 0 Å². The van der Waals surface area contributed by atoms with Crippen molar-refractivity contribution in [1.82, 2.24) is 4.90 Å². The largest absolute Gasteiger partial charge is 0.396 e. The van der Waals surface area contributed by atoms with Gasteiger partial charge in [0, 0.05) is 17.3 Å². The van der Waals surface area contributed by atoms with Crippen molar-refractivity contribution in [2.24, 2.45) is 5.92 Å². The molecule has 2 rings (SSSR count). The van der Waals surface area contributed by atoms with E-state index in [0.29, 0.717) is 11.8 Å². The highest BCUT2D eigenvalue weighted by Gasteiger charge is 2.28. The zero-order valence-electron chi connectivity index (χ0n) is 11.4. The Morgan fingerprint density at radius 3 is 2.79 bits per heavy atom. The van der Waals surface area contributed by atoms with Crippen molar-refractivity contribution in [3.8, 4) is 0 Å². The van der Waals surface area contributed by atoms with Crippen LogP contribution in [0.1, 0.15) is 17.9 Å². The van der Waals surface area contributed by atoms with E-state index in [2.05, 4.69) is 24.1 Å². The van der Waals surface area contributed by atoms with Crippen molar-refractivity contribution in [1.29, 1.82) is 0 Å². The van der Waals surface area contributed by atoms with Gasteiger partial charge in [0.2, 0.25) is 0 Å². The quantitative estimate of drug-likeness (QED) is 0.845. The molecule has 1 saturated heterocycles. The minimum absolute atomic E-state index is 0.277. The zero-order valence-corrected chi connectivity index (χ0v) is 13.0. The van der Waals surface area contributed by atoms with E-state index in [0.717, 1.165) is 29.6 Å². The Morgan fingerprint density at radius 2 is 2.11 bits per heavy atom. The fourth-order valence-electron chi connectivity index (χ4n) is 2.83. The highest BCUT2D eigenvalue weighted by atomic mass is 35.5. The van der Waals surface area contributed by atoms with Crippen LogP contribution in [0.15, 0.2) is 24.3 Å². The number of rotatable bonds is 5. The fourth-order valence-corrected chi connectivity index (χ4v) is 3.89. The minimum Gasteiger partial charge on any atom is -0.396 e. The number of nitrogens with zero attached hydrogens (tertiary/aromatic N) is 1. The maximum absolute atomic E-state index is 8.92. The van der Waals surface area contributed by atoms with Gasteiger partial charge in [-0.25, -0.2) is 0 Å². The molecule has 0 aromatic heterocycles. The number of hydrogen-bond donors (Lipinski definition) is 1. The molecule has 0 spiro atoms. The molecule has 2 nitrogen and oxygen atoms in total. The van der Waals surface area contributed by atoms with Crippen LogP contribution in [0, 0.1) is 5.92 Å². The van der Waals surface area contributed by atoms with Crippen LogP contribution in [0.5, 0.6) is 0 Å². The van der Waals surface area contributed by atoms with Gasteiger partial charge in [-0.2, -0.15) is 11.8 Å². The number of piperidine rings is 1. The van der Waals surface area contributed by atoms with Gasteiger partial charge >= 0.3 is 0 Å². The summed E-state index contributed by atoms with van der Waals surface area (Å²) in [5.74, 6) is 3.25. The van der Waals surface area contributed by atoms with E-state index < -0.39 is 0 Å². The van der Waals surface area contributed by atoms with Gasteiger partial charge in [-0.1, -0.05) is 23.7 Å². The lowest BCUT2D eigenvalue weighted by molar-refractivity contribution is 0.198. The lowest BCUT2D eigenvalue weighted by Crippen LogP contribution is -2.38. The van der Waals surface area contributed by atoms with E-state index in [-0.39, 0.29) is 6.61 Å². The molecule has 4 heteroatoms. The van der Waals surface area contributed by atoms with Crippen LogP contribution < -0.4 is 0 Å². The monoisotopic (exact) mass is 298 g/mol. The van der Waals surface area contributed by atoms with Crippen molar-refractivity contribution in [3.05, 3.63) is 34.9 Å². The number of benzene rings is 1. The van der Waals surface area contributed by atoms with E-state index in [1.807, 2.05) is 23.9 Å². The third-order valence-electron chi connectivity index (χ3n) is 3.80. The average Bonchev–Trinajstić information content (AvgIpc) is 2.41. The molecule has 0 radical (unpaired) electrons. The molecule has 0 unspecified atom stereocenters. The molecule has 19 heavy (non-hydrogen) atoms. The third-order valence-corrected chi connectivity index (χ3v) is 5.19. The Hall–Kier alpha value is -0.220. The Kier molecular flexibility index (Phi) is 6.02. The van der Waals surface area contributed by atoms with Crippen LogP contribution in [0.3, 0.4) is 0 Å². The smallest absolute Gasteiger partial charge is 0.0521 e. The molecular formula is C15H22ClNOS. The predicted molar refractivity (Wildman–Crippen MR) is 84.2 cm³/mol. The number of likely N-dealkylation sites (tertiary alicyclic amines) is 1. The molecule has 2 atom stereocenters. The summed E-state index contributed by atoms with van der Waals surface area (Å²) in [6, 6.07) is 8.32. The van der Waals surface area contributed by atoms with Gasteiger partial charge in [-0.15, -0.1) is 0 Å². The summed E-state index contributed by atoms with van der Waals surface area (Å²) in [6.45, 7) is 2.58. The number of hydrogen-bond acceptors (Lipinski definition) is 3. The summed E-state index contributed by atoms with van der Waals surface area (Å²) in [5, 5.41) is 9.72. The molecule has 1 aromatic rings. The first kappa shape index (κ1) is 15.2. The topological polar surface area (TPSA) is 23.5 Å². The molecule has 1 heterocycles. The fraction of sp³-hybridized carbons (Fsp3) is 0.600. The molecule has 0 aliphatic carbocycles. The zero-order chi connectivity index (χ0) is 13.7. The minimum atomic E-state index is 0.277. The van der Waals surface area contributed by atoms with Crippen molar-refractivity contribution < 1.29 is 5.11 Å². The number of aliphatic hydroxyl groups excluding tert-OH is 1. The van der Waals surface area contributed by atoms with Crippen molar-refractivity contribution in [3.63, 3.8) is 0 Å². The normalized spacial score (nSPS) is 24.6. The molecule has 1 aliphatic heterocycles. The summed E-state index contributed by atoms with van der Waals surface area (Å²) in [7, 11) is 2.20. The second kappa shape index (κ2) is 7.53. The molecule has 106 valence electrons. The van der Waals surface area contributed by atoms with Gasteiger partial charge < -0.3 is 10.0 Å². The van der Waals surface area contributed by atoms with E-state index in [4.69, 9.17) is 16.7 Å². The van der Waals surface area contributed by atoms with Crippen LogP contribution in [-0.4, -0.2) is 48.3 Å². The van der Waals surface area contributed by atoms with Crippen LogP contribution in [0.2, 0.25) is 5.02 Å². The maximum atomic E-state index is 8.92. The highest BCUT2D eigenvalue weighted by molar-refractivity contribution is 7.99. The molecule has 1 aliphatic rings. The second-order valence-electron chi connectivity index (χ2n) is 5.27. The Bertz CT molecular complexity index is 384. The first-order chi connectivity index (χ1) is 9.20. The van der Waals surface area contributed by atoms with Crippen molar-refractivity contribution in [2.75, 3.05) is 38.2 Å². The molecule has 0 amide bonds. The summed E-state index contributed by atoms with van der Waals surface area (Å²) in [6.07, 6.45) is 1.21. The number of aliphatic hydroxyl groups is 1. The highest BCUT2D eigenvalue weighted by Crippen LogP contribution is 2.35. The third kappa shape index (κ3) is 4.38.